The fraction of sp³-hybridized carbons (Fsp3) is 0.438. The molecule has 0 atom stereocenters. The fourth-order valence-corrected chi connectivity index (χ4v) is 2.05. The molecule has 0 unspecified atom stereocenters. The molecule has 6 nitrogen and oxygen atoms in total. The summed E-state index contributed by atoms with van der Waals surface area (Å²) in [5.74, 6) is -2.67. The Hall–Kier alpha value is -2.29. The van der Waals surface area contributed by atoms with Crippen LogP contribution in [0.3, 0.4) is 0 Å². The lowest BCUT2D eigenvalue weighted by Crippen LogP contribution is -2.40. The van der Waals surface area contributed by atoms with Crippen molar-refractivity contribution in [2.24, 2.45) is 0 Å². The van der Waals surface area contributed by atoms with Crippen molar-refractivity contribution in [2.75, 3.05) is 25.5 Å². The normalized spacial score (nSPS) is 10.0. The van der Waals surface area contributed by atoms with Gasteiger partial charge in [0.25, 0.3) is 0 Å². The Morgan fingerprint density at radius 1 is 1.12 bits per heavy atom. The number of hydrogen-bond acceptors (Lipinski definition) is 4. The number of rotatable bonds is 9. The molecule has 1 aromatic rings. The van der Waals surface area contributed by atoms with Crippen LogP contribution < -0.4 is 16.0 Å². The van der Waals surface area contributed by atoms with Gasteiger partial charge in [-0.1, -0.05) is 6.42 Å². The predicted molar refractivity (Wildman–Crippen MR) is 94.1 cm³/mol. The third-order valence-corrected chi connectivity index (χ3v) is 3.47. The molecule has 0 spiro atoms. The van der Waals surface area contributed by atoms with Crippen LogP contribution in [0.4, 0.5) is 14.5 Å². The molecule has 0 saturated heterocycles. The van der Waals surface area contributed by atoms with Crippen molar-refractivity contribution < 1.29 is 23.1 Å². The van der Waals surface area contributed by atoms with Crippen LogP contribution >= 0.6 is 12.2 Å². The number of carbonyl (C=O) groups is 2. The van der Waals surface area contributed by atoms with Gasteiger partial charge in [0.2, 0.25) is 5.91 Å². The van der Waals surface area contributed by atoms with Crippen LogP contribution in [0.25, 0.3) is 0 Å². The zero-order valence-electron chi connectivity index (χ0n) is 13.9. The largest absolute Gasteiger partial charge is 0.469 e. The van der Waals surface area contributed by atoms with Crippen molar-refractivity contribution in [3.05, 3.63) is 29.8 Å². The topological polar surface area (TPSA) is 79.5 Å². The smallest absolute Gasteiger partial charge is 0.305 e. The molecule has 0 aliphatic rings. The maximum atomic E-state index is 13.0. The van der Waals surface area contributed by atoms with Gasteiger partial charge in [-0.3, -0.25) is 9.59 Å². The van der Waals surface area contributed by atoms with Crippen molar-refractivity contribution in [2.45, 2.75) is 25.7 Å². The zero-order chi connectivity index (χ0) is 18.7. The third kappa shape index (κ3) is 8.94. The number of nitrogens with one attached hydrogen (secondary N) is 3. The first kappa shape index (κ1) is 20.8. The highest BCUT2D eigenvalue weighted by atomic mass is 32.1. The van der Waals surface area contributed by atoms with Gasteiger partial charge in [-0.25, -0.2) is 8.78 Å². The second kappa shape index (κ2) is 11.3. The van der Waals surface area contributed by atoms with Gasteiger partial charge in [0.15, 0.2) is 16.7 Å². The number of anilines is 1. The zero-order valence-corrected chi connectivity index (χ0v) is 14.7. The minimum atomic E-state index is -1.03. The molecule has 0 aromatic heterocycles. The minimum absolute atomic E-state index is 0.104. The summed E-state index contributed by atoms with van der Waals surface area (Å²) in [7, 11) is 1.36. The maximum Gasteiger partial charge on any atom is 0.305 e. The van der Waals surface area contributed by atoms with Gasteiger partial charge in [0.1, 0.15) is 0 Å². The summed E-state index contributed by atoms with van der Waals surface area (Å²) in [6.45, 7) is 0.505. The van der Waals surface area contributed by atoms with E-state index in [9.17, 15) is 18.4 Å². The van der Waals surface area contributed by atoms with Crippen molar-refractivity contribution in [1.29, 1.82) is 0 Å². The molecule has 0 heterocycles. The van der Waals surface area contributed by atoms with Crippen LogP contribution in [0.1, 0.15) is 25.7 Å². The molecule has 0 fully saturated rings. The highest BCUT2D eigenvalue weighted by molar-refractivity contribution is 7.80. The first-order valence-electron chi connectivity index (χ1n) is 7.75. The molecule has 0 aliphatic carbocycles. The Balaban J connectivity index is 2.13. The number of amides is 1. The van der Waals surface area contributed by atoms with Crippen molar-refractivity contribution >= 4 is 34.9 Å². The van der Waals surface area contributed by atoms with Crippen LogP contribution in [0.15, 0.2) is 18.2 Å². The Bertz CT molecular complexity index is 614. The molecule has 138 valence electrons. The molecular weight excluding hydrogens is 352 g/mol. The van der Waals surface area contributed by atoms with Crippen LogP contribution in [0, 0.1) is 11.6 Å². The first-order valence-corrected chi connectivity index (χ1v) is 8.16. The lowest BCUT2D eigenvalue weighted by molar-refractivity contribution is -0.140. The summed E-state index contributed by atoms with van der Waals surface area (Å²) in [4.78, 5) is 22.6. The summed E-state index contributed by atoms with van der Waals surface area (Å²) in [6.07, 6.45) is 2.80. The highest BCUT2D eigenvalue weighted by Gasteiger charge is 2.07. The second-order valence-electron chi connectivity index (χ2n) is 5.17. The number of halogens is 2. The van der Waals surface area contributed by atoms with Gasteiger partial charge < -0.3 is 20.7 Å². The van der Waals surface area contributed by atoms with E-state index >= 15 is 0 Å². The van der Waals surface area contributed by atoms with E-state index in [1.165, 1.54) is 13.2 Å². The number of carbonyl (C=O) groups excluding carboxylic acids is 2. The molecule has 9 heteroatoms. The van der Waals surface area contributed by atoms with Gasteiger partial charge in [0, 0.05) is 24.7 Å². The summed E-state index contributed by atoms with van der Waals surface area (Å²) < 4.78 is 30.4. The van der Waals surface area contributed by atoms with Gasteiger partial charge in [0.05, 0.1) is 13.7 Å². The quantitative estimate of drug-likeness (QED) is 0.350. The average Bonchev–Trinajstić information content (AvgIpc) is 2.59. The number of hydrogen-bond donors (Lipinski definition) is 3. The van der Waals surface area contributed by atoms with E-state index in [-0.39, 0.29) is 18.2 Å². The molecular formula is C16H21F2N3O3S. The van der Waals surface area contributed by atoms with Crippen molar-refractivity contribution in [1.82, 2.24) is 10.6 Å². The Kier molecular flexibility index (Phi) is 9.38. The Morgan fingerprint density at radius 2 is 1.88 bits per heavy atom. The molecule has 25 heavy (non-hydrogen) atoms. The molecule has 0 saturated carbocycles. The lowest BCUT2D eigenvalue weighted by Gasteiger charge is -2.11. The third-order valence-electron chi connectivity index (χ3n) is 3.18. The highest BCUT2D eigenvalue weighted by Crippen LogP contribution is 2.12. The molecule has 0 aliphatic heterocycles. The Morgan fingerprint density at radius 3 is 2.56 bits per heavy atom. The molecule has 1 amide bonds. The first-order chi connectivity index (χ1) is 11.9. The van der Waals surface area contributed by atoms with E-state index < -0.39 is 17.5 Å². The number of ether oxygens (including phenoxy) is 1. The van der Waals surface area contributed by atoms with E-state index in [0.717, 1.165) is 31.4 Å². The molecule has 0 bridgehead atoms. The number of methoxy groups -OCH3 is 1. The number of esters is 1. The van der Waals surface area contributed by atoms with E-state index in [1.54, 1.807) is 0 Å². The van der Waals surface area contributed by atoms with Gasteiger partial charge >= 0.3 is 5.97 Å². The SMILES string of the molecule is COC(=O)CCCCCNC(=S)NCC(=O)Nc1ccc(F)c(F)c1. The summed E-state index contributed by atoms with van der Waals surface area (Å²) in [5, 5.41) is 8.39. The average molecular weight is 373 g/mol. The van der Waals surface area contributed by atoms with Gasteiger partial charge in [-0.2, -0.15) is 0 Å². The van der Waals surface area contributed by atoms with Crippen molar-refractivity contribution in [3.63, 3.8) is 0 Å². The van der Waals surface area contributed by atoms with E-state index in [1.807, 2.05) is 0 Å². The lowest BCUT2D eigenvalue weighted by atomic mass is 10.2. The van der Waals surface area contributed by atoms with E-state index in [4.69, 9.17) is 12.2 Å². The molecule has 1 aromatic carbocycles. The van der Waals surface area contributed by atoms with Crippen LogP contribution in [0.5, 0.6) is 0 Å². The maximum absolute atomic E-state index is 13.0. The molecule has 3 N–H and O–H groups in total. The standard InChI is InChI=1S/C16H21F2N3O3S/c1-24-15(23)5-3-2-4-8-19-16(25)20-10-14(22)21-11-6-7-12(17)13(18)9-11/h6-7,9H,2-5,8,10H2,1H3,(H,21,22)(H2,19,20,25). The number of benzene rings is 1. The summed E-state index contributed by atoms with van der Waals surface area (Å²) in [6, 6.07) is 3.10. The van der Waals surface area contributed by atoms with Crippen LogP contribution in [-0.4, -0.2) is 37.2 Å². The summed E-state index contributed by atoms with van der Waals surface area (Å²) >= 11 is 5.03. The molecule has 0 radical (unpaired) electrons. The fourth-order valence-electron chi connectivity index (χ4n) is 1.88. The minimum Gasteiger partial charge on any atom is -0.469 e. The van der Waals surface area contributed by atoms with E-state index in [2.05, 4.69) is 20.7 Å². The second-order valence-corrected chi connectivity index (χ2v) is 5.58. The number of thiocarbonyl (C=S) groups is 1. The monoisotopic (exact) mass is 373 g/mol. The Labute approximate surface area is 150 Å². The van der Waals surface area contributed by atoms with Crippen LogP contribution in [-0.2, 0) is 14.3 Å². The molecule has 1 rings (SSSR count). The van der Waals surface area contributed by atoms with E-state index in [0.29, 0.717) is 18.1 Å². The van der Waals surface area contributed by atoms with Crippen molar-refractivity contribution in [3.8, 4) is 0 Å². The van der Waals surface area contributed by atoms with Gasteiger partial charge in [-0.15, -0.1) is 0 Å². The predicted octanol–water partition coefficient (Wildman–Crippen LogP) is 2.10. The van der Waals surface area contributed by atoms with Crippen LogP contribution in [0.2, 0.25) is 0 Å². The summed E-state index contributed by atoms with van der Waals surface area (Å²) in [5.41, 5.74) is 0.162. The van der Waals surface area contributed by atoms with Gasteiger partial charge in [-0.05, 0) is 37.2 Å². The number of unbranched alkanes of at least 4 members (excludes halogenated alkanes) is 2.